The van der Waals surface area contributed by atoms with Crippen LogP contribution in [-0.2, 0) is 16.0 Å². The second kappa shape index (κ2) is 10.2. The maximum Gasteiger partial charge on any atom is 0.303 e. The fourth-order valence-electron chi connectivity index (χ4n) is 4.76. The number of Topliss-reactive ketones (excluding diaryl/α,β-unsaturated/α-hetero) is 1. The summed E-state index contributed by atoms with van der Waals surface area (Å²) in [5.74, 6) is -0.670. The molecule has 0 aromatic heterocycles. The number of benzene rings is 2. The van der Waals surface area contributed by atoms with Crippen LogP contribution in [0, 0.1) is 11.3 Å². The van der Waals surface area contributed by atoms with Gasteiger partial charge in [0.1, 0.15) is 5.78 Å². The number of carboxylic acid groups (broad SMARTS) is 1. The van der Waals surface area contributed by atoms with Gasteiger partial charge in [-0.25, -0.2) is 0 Å². The number of rotatable bonds is 8. The van der Waals surface area contributed by atoms with E-state index in [1.807, 2.05) is 55.5 Å². The Balaban J connectivity index is 1.90. The van der Waals surface area contributed by atoms with Crippen LogP contribution in [-0.4, -0.2) is 29.4 Å². The molecule has 0 saturated carbocycles. The maximum atomic E-state index is 13.0. The molecule has 2 aromatic rings. The molecule has 0 radical (unpaired) electrons. The Morgan fingerprint density at radius 1 is 1.13 bits per heavy atom. The third-order valence-electron chi connectivity index (χ3n) is 6.69. The summed E-state index contributed by atoms with van der Waals surface area (Å²) < 4.78 is 0. The van der Waals surface area contributed by atoms with Gasteiger partial charge in [0, 0.05) is 33.8 Å². The molecule has 0 amide bonds. The lowest BCUT2D eigenvalue weighted by Gasteiger charge is -2.46. The standard InChI is InChI=1S/C25H29Cl2NO3/c1-16(29)25(2,11-10-17-6-8-20(26)9-7-17)24-22(19-4-3-5-21(27)14-19)12-18(15-28-24)13-23(30)31/h3-9,14,18,22,24,28H,10-13,15H2,1-2H3,(H,30,31)/t18-,22-,24+,25?/m1/s1. The Kier molecular flexibility index (Phi) is 7.79. The Morgan fingerprint density at radius 3 is 2.45 bits per heavy atom. The van der Waals surface area contributed by atoms with Crippen molar-refractivity contribution in [1.29, 1.82) is 0 Å². The summed E-state index contributed by atoms with van der Waals surface area (Å²) in [5, 5.41) is 14.2. The first kappa shape index (κ1) is 23.8. The van der Waals surface area contributed by atoms with Crippen molar-refractivity contribution in [3.63, 3.8) is 0 Å². The molecule has 31 heavy (non-hydrogen) atoms. The fourth-order valence-corrected chi connectivity index (χ4v) is 5.08. The van der Waals surface area contributed by atoms with E-state index in [9.17, 15) is 14.7 Å². The molecule has 1 aliphatic rings. The molecule has 0 spiro atoms. The number of carbonyl (C=O) groups excluding carboxylic acids is 1. The van der Waals surface area contributed by atoms with Crippen molar-refractivity contribution in [3.8, 4) is 0 Å². The first-order valence-electron chi connectivity index (χ1n) is 10.6. The number of carbonyl (C=O) groups is 2. The highest BCUT2D eigenvalue weighted by atomic mass is 35.5. The molecule has 4 atom stereocenters. The zero-order valence-electron chi connectivity index (χ0n) is 17.9. The minimum atomic E-state index is -0.799. The van der Waals surface area contributed by atoms with Crippen molar-refractivity contribution >= 4 is 35.0 Å². The topological polar surface area (TPSA) is 66.4 Å². The highest BCUT2D eigenvalue weighted by Gasteiger charge is 2.45. The summed E-state index contributed by atoms with van der Waals surface area (Å²) >= 11 is 12.3. The molecule has 2 aromatic carbocycles. The highest BCUT2D eigenvalue weighted by Crippen LogP contribution is 2.43. The third-order valence-corrected chi connectivity index (χ3v) is 7.18. The SMILES string of the molecule is CC(=O)C(C)(CCc1ccc(Cl)cc1)[C@H]1NC[C@@H](CC(=O)O)C[C@@H]1c1cccc(Cl)c1. The van der Waals surface area contributed by atoms with Crippen molar-refractivity contribution in [2.24, 2.45) is 11.3 Å². The lowest BCUT2D eigenvalue weighted by molar-refractivity contribution is -0.139. The van der Waals surface area contributed by atoms with Gasteiger partial charge < -0.3 is 10.4 Å². The molecule has 1 saturated heterocycles. The van der Waals surface area contributed by atoms with Gasteiger partial charge in [0.05, 0.1) is 0 Å². The molecule has 2 N–H and O–H groups in total. The second-order valence-corrected chi connectivity index (χ2v) is 9.72. The van der Waals surface area contributed by atoms with Gasteiger partial charge in [-0.15, -0.1) is 0 Å². The number of aliphatic carboxylic acids is 1. The van der Waals surface area contributed by atoms with Crippen LogP contribution in [0.2, 0.25) is 10.0 Å². The minimum Gasteiger partial charge on any atom is -0.481 e. The van der Waals surface area contributed by atoms with E-state index in [1.54, 1.807) is 6.92 Å². The van der Waals surface area contributed by atoms with Crippen LogP contribution in [0.25, 0.3) is 0 Å². The number of halogens is 2. The molecule has 1 fully saturated rings. The van der Waals surface area contributed by atoms with Crippen LogP contribution in [0.4, 0.5) is 0 Å². The minimum absolute atomic E-state index is 0.00378. The van der Waals surface area contributed by atoms with E-state index in [4.69, 9.17) is 23.2 Å². The summed E-state index contributed by atoms with van der Waals surface area (Å²) in [5.41, 5.74) is 1.57. The van der Waals surface area contributed by atoms with Crippen molar-refractivity contribution in [1.82, 2.24) is 5.32 Å². The molecule has 4 nitrogen and oxygen atoms in total. The highest BCUT2D eigenvalue weighted by molar-refractivity contribution is 6.30. The van der Waals surface area contributed by atoms with Gasteiger partial charge in [0.2, 0.25) is 0 Å². The van der Waals surface area contributed by atoms with Crippen molar-refractivity contribution in [2.75, 3.05) is 6.54 Å². The number of hydrogen-bond acceptors (Lipinski definition) is 3. The average molecular weight is 462 g/mol. The van der Waals surface area contributed by atoms with Crippen molar-refractivity contribution in [2.45, 2.75) is 51.5 Å². The number of ketones is 1. The predicted octanol–water partition coefficient (Wildman–Crippen LogP) is 5.76. The quantitative estimate of drug-likeness (QED) is 0.524. The van der Waals surface area contributed by atoms with Gasteiger partial charge in [-0.05, 0) is 74.0 Å². The Hall–Kier alpha value is -1.88. The van der Waals surface area contributed by atoms with Gasteiger partial charge in [-0.2, -0.15) is 0 Å². The number of piperidine rings is 1. The summed E-state index contributed by atoms with van der Waals surface area (Å²) in [7, 11) is 0. The zero-order chi connectivity index (χ0) is 22.6. The molecule has 1 aliphatic heterocycles. The van der Waals surface area contributed by atoms with Gasteiger partial charge >= 0.3 is 5.97 Å². The Labute approximate surface area is 194 Å². The summed E-state index contributed by atoms with van der Waals surface area (Å²) in [6.07, 6.45) is 2.25. The molecular formula is C25H29Cl2NO3. The number of aryl methyl sites for hydroxylation is 1. The van der Waals surface area contributed by atoms with E-state index in [0.29, 0.717) is 29.4 Å². The van der Waals surface area contributed by atoms with Crippen LogP contribution < -0.4 is 5.32 Å². The fraction of sp³-hybridized carbons (Fsp3) is 0.440. The summed E-state index contributed by atoms with van der Waals surface area (Å²) in [4.78, 5) is 24.3. The molecule has 0 aliphatic carbocycles. The molecule has 6 heteroatoms. The molecule has 0 bridgehead atoms. The monoisotopic (exact) mass is 461 g/mol. The van der Waals surface area contributed by atoms with E-state index < -0.39 is 11.4 Å². The van der Waals surface area contributed by atoms with E-state index in [2.05, 4.69) is 5.32 Å². The maximum absolute atomic E-state index is 13.0. The molecule has 166 valence electrons. The van der Waals surface area contributed by atoms with Crippen LogP contribution in [0.1, 0.15) is 50.2 Å². The normalized spacial score (nSPS) is 23.2. The summed E-state index contributed by atoms with van der Waals surface area (Å²) in [6, 6.07) is 15.3. The Morgan fingerprint density at radius 2 is 1.84 bits per heavy atom. The van der Waals surface area contributed by atoms with E-state index >= 15 is 0 Å². The Bertz CT molecular complexity index is 931. The molecule has 1 unspecified atom stereocenters. The molecule has 3 rings (SSSR count). The zero-order valence-corrected chi connectivity index (χ0v) is 19.4. The first-order valence-corrected chi connectivity index (χ1v) is 11.4. The summed E-state index contributed by atoms with van der Waals surface area (Å²) in [6.45, 7) is 4.26. The van der Waals surface area contributed by atoms with Crippen molar-refractivity contribution < 1.29 is 14.7 Å². The van der Waals surface area contributed by atoms with E-state index in [0.717, 1.165) is 17.5 Å². The lowest BCUT2D eigenvalue weighted by Crippen LogP contribution is -2.56. The smallest absolute Gasteiger partial charge is 0.303 e. The van der Waals surface area contributed by atoms with Crippen LogP contribution >= 0.6 is 23.2 Å². The van der Waals surface area contributed by atoms with Gasteiger partial charge in [0.15, 0.2) is 0 Å². The van der Waals surface area contributed by atoms with E-state index in [-0.39, 0.29) is 30.1 Å². The van der Waals surface area contributed by atoms with Crippen molar-refractivity contribution in [3.05, 3.63) is 69.7 Å². The third kappa shape index (κ3) is 5.88. The first-order chi connectivity index (χ1) is 14.7. The van der Waals surface area contributed by atoms with Crippen LogP contribution in [0.5, 0.6) is 0 Å². The van der Waals surface area contributed by atoms with Crippen LogP contribution in [0.15, 0.2) is 48.5 Å². The second-order valence-electron chi connectivity index (χ2n) is 8.85. The predicted molar refractivity (Wildman–Crippen MR) is 125 cm³/mol. The average Bonchev–Trinajstić information content (AvgIpc) is 2.72. The molecular weight excluding hydrogens is 433 g/mol. The van der Waals surface area contributed by atoms with Crippen LogP contribution in [0.3, 0.4) is 0 Å². The number of carboxylic acids is 1. The lowest BCUT2D eigenvalue weighted by atomic mass is 9.64. The van der Waals surface area contributed by atoms with E-state index in [1.165, 1.54) is 0 Å². The largest absolute Gasteiger partial charge is 0.481 e. The van der Waals surface area contributed by atoms with Gasteiger partial charge in [0.25, 0.3) is 0 Å². The van der Waals surface area contributed by atoms with Gasteiger partial charge in [-0.3, -0.25) is 9.59 Å². The molecule has 1 heterocycles. The number of hydrogen-bond donors (Lipinski definition) is 2. The van der Waals surface area contributed by atoms with Gasteiger partial charge in [-0.1, -0.05) is 54.4 Å². The number of nitrogens with one attached hydrogen (secondary N) is 1.